The van der Waals surface area contributed by atoms with E-state index in [1.54, 1.807) is 4.57 Å². The molecule has 0 aliphatic rings. The normalized spacial score (nSPS) is 12.8. The van der Waals surface area contributed by atoms with Crippen LogP contribution in [0, 0.1) is 5.92 Å². The van der Waals surface area contributed by atoms with E-state index in [1.807, 2.05) is 6.92 Å². The molecule has 3 nitrogen and oxygen atoms in total. The van der Waals surface area contributed by atoms with Gasteiger partial charge in [-0.05, 0) is 5.92 Å². The van der Waals surface area contributed by atoms with Gasteiger partial charge in [0, 0.05) is 24.7 Å². The van der Waals surface area contributed by atoms with Crippen LogP contribution in [-0.4, -0.2) is 15.4 Å². The van der Waals surface area contributed by atoms with E-state index in [0.29, 0.717) is 18.3 Å². The summed E-state index contributed by atoms with van der Waals surface area (Å²) in [6.45, 7) is 2.63. The third-order valence-electron chi connectivity index (χ3n) is 1.56. The third kappa shape index (κ3) is 2.34. The van der Waals surface area contributed by atoms with Crippen molar-refractivity contribution in [3.05, 3.63) is 28.9 Å². The average Bonchev–Trinajstić information content (AvgIpc) is 2.09. The molecule has 0 bridgehead atoms. The van der Waals surface area contributed by atoms with Gasteiger partial charge in [0.2, 0.25) is 0 Å². The van der Waals surface area contributed by atoms with Crippen molar-refractivity contribution in [2.24, 2.45) is 5.92 Å². The highest BCUT2D eigenvalue weighted by Crippen LogP contribution is 1.99. The van der Waals surface area contributed by atoms with Crippen LogP contribution in [0.1, 0.15) is 6.92 Å². The van der Waals surface area contributed by atoms with Gasteiger partial charge in [-0.3, -0.25) is 9.36 Å². The summed E-state index contributed by atoms with van der Waals surface area (Å²) in [5.74, 6) is 0.856. The van der Waals surface area contributed by atoms with Crippen LogP contribution >= 0.6 is 11.6 Å². The Hall–Kier alpha value is -0.830. The van der Waals surface area contributed by atoms with Crippen molar-refractivity contribution in [3.63, 3.8) is 0 Å². The number of hydrogen-bond acceptors (Lipinski definition) is 2. The first-order valence-electron chi connectivity index (χ1n) is 3.80. The van der Waals surface area contributed by atoms with Gasteiger partial charge in [-0.2, -0.15) is 0 Å². The lowest BCUT2D eigenvalue weighted by Gasteiger charge is -2.08. The Morgan fingerprint density at radius 3 is 3.08 bits per heavy atom. The van der Waals surface area contributed by atoms with Crippen LogP contribution < -0.4 is 5.56 Å². The molecule has 0 spiro atoms. The quantitative estimate of drug-likeness (QED) is 0.664. The van der Waals surface area contributed by atoms with Crippen LogP contribution in [0.15, 0.2) is 23.4 Å². The van der Waals surface area contributed by atoms with Crippen molar-refractivity contribution in [3.8, 4) is 0 Å². The first kappa shape index (κ1) is 9.26. The molecule has 1 heterocycles. The van der Waals surface area contributed by atoms with Crippen LogP contribution in [-0.2, 0) is 6.54 Å². The SMILES string of the molecule is CC(CCl)Cn1cnccc1=O. The Morgan fingerprint density at radius 1 is 1.75 bits per heavy atom. The van der Waals surface area contributed by atoms with Gasteiger partial charge in [0.05, 0.1) is 6.33 Å². The van der Waals surface area contributed by atoms with Crippen molar-refractivity contribution in [2.45, 2.75) is 13.5 Å². The second kappa shape index (κ2) is 4.26. The Morgan fingerprint density at radius 2 is 2.50 bits per heavy atom. The lowest BCUT2D eigenvalue weighted by Crippen LogP contribution is -2.22. The molecule has 1 unspecified atom stereocenters. The second-order valence-corrected chi connectivity index (χ2v) is 3.14. The van der Waals surface area contributed by atoms with Crippen molar-refractivity contribution < 1.29 is 0 Å². The first-order chi connectivity index (χ1) is 5.74. The first-order valence-corrected chi connectivity index (χ1v) is 4.34. The van der Waals surface area contributed by atoms with Gasteiger partial charge in [0.25, 0.3) is 5.56 Å². The van der Waals surface area contributed by atoms with Crippen LogP contribution in [0.25, 0.3) is 0 Å². The zero-order valence-corrected chi connectivity index (χ0v) is 7.66. The molecule has 66 valence electrons. The molecule has 0 N–H and O–H groups in total. The van der Waals surface area contributed by atoms with Gasteiger partial charge < -0.3 is 0 Å². The molecule has 1 rings (SSSR count). The molecule has 0 aliphatic carbocycles. The standard InChI is InChI=1S/C8H11ClN2O/c1-7(4-9)5-11-6-10-3-2-8(11)12/h2-3,6-7H,4-5H2,1H3. The molecule has 0 amide bonds. The molecule has 0 fully saturated rings. The molecule has 1 aromatic heterocycles. The summed E-state index contributed by atoms with van der Waals surface area (Å²) < 4.78 is 1.56. The van der Waals surface area contributed by atoms with E-state index in [2.05, 4.69) is 4.98 Å². The molecule has 0 aliphatic heterocycles. The lowest BCUT2D eigenvalue weighted by molar-refractivity contribution is 0.510. The molecule has 0 saturated heterocycles. The lowest BCUT2D eigenvalue weighted by atomic mass is 10.2. The molecule has 0 saturated carbocycles. The molecular weight excluding hydrogens is 176 g/mol. The molecule has 0 radical (unpaired) electrons. The smallest absolute Gasteiger partial charge is 0.253 e. The van der Waals surface area contributed by atoms with E-state index >= 15 is 0 Å². The highest BCUT2D eigenvalue weighted by molar-refractivity contribution is 6.18. The minimum atomic E-state index is -0.0260. The molecular formula is C8H11ClN2O. The van der Waals surface area contributed by atoms with Gasteiger partial charge >= 0.3 is 0 Å². The van der Waals surface area contributed by atoms with Gasteiger partial charge in [-0.1, -0.05) is 6.92 Å². The van der Waals surface area contributed by atoms with Crippen LogP contribution in [0.5, 0.6) is 0 Å². The van der Waals surface area contributed by atoms with E-state index < -0.39 is 0 Å². The molecule has 1 aromatic rings. The Balaban J connectivity index is 2.76. The van der Waals surface area contributed by atoms with Crippen LogP contribution in [0.4, 0.5) is 0 Å². The molecule has 12 heavy (non-hydrogen) atoms. The number of hydrogen-bond donors (Lipinski definition) is 0. The number of rotatable bonds is 3. The number of nitrogens with zero attached hydrogens (tertiary/aromatic N) is 2. The van der Waals surface area contributed by atoms with Crippen molar-refractivity contribution >= 4 is 11.6 Å². The minimum Gasteiger partial charge on any atom is -0.299 e. The number of halogens is 1. The van der Waals surface area contributed by atoms with E-state index in [9.17, 15) is 4.79 Å². The van der Waals surface area contributed by atoms with Gasteiger partial charge in [0.15, 0.2) is 0 Å². The highest BCUT2D eigenvalue weighted by Gasteiger charge is 2.01. The Labute approximate surface area is 76.0 Å². The van der Waals surface area contributed by atoms with Crippen molar-refractivity contribution in [1.29, 1.82) is 0 Å². The highest BCUT2D eigenvalue weighted by atomic mass is 35.5. The summed E-state index contributed by atoms with van der Waals surface area (Å²) in [5.41, 5.74) is -0.0260. The maximum Gasteiger partial charge on any atom is 0.253 e. The van der Waals surface area contributed by atoms with E-state index in [4.69, 9.17) is 11.6 Å². The predicted molar refractivity (Wildman–Crippen MR) is 48.4 cm³/mol. The van der Waals surface area contributed by atoms with Gasteiger partial charge in [-0.15, -0.1) is 11.6 Å². The van der Waals surface area contributed by atoms with E-state index in [0.717, 1.165) is 0 Å². The maximum atomic E-state index is 11.2. The van der Waals surface area contributed by atoms with Gasteiger partial charge in [-0.25, -0.2) is 4.98 Å². The minimum absolute atomic E-state index is 0.0260. The summed E-state index contributed by atoms with van der Waals surface area (Å²) in [4.78, 5) is 15.0. The maximum absolute atomic E-state index is 11.2. The Bertz CT molecular complexity index is 297. The van der Waals surface area contributed by atoms with Crippen molar-refractivity contribution in [2.75, 3.05) is 5.88 Å². The van der Waals surface area contributed by atoms with Crippen LogP contribution in [0.3, 0.4) is 0 Å². The topological polar surface area (TPSA) is 34.9 Å². The molecule has 1 atom stereocenters. The van der Waals surface area contributed by atoms with Crippen LogP contribution in [0.2, 0.25) is 0 Å². The third-order valence-corrected chi connectivity index (χ3v) is 2.09. The summed E-state index contributed by atoms with van der Waals surface area (Å²) in [6, 6.07) is 1.45. The fourth-order valence-electron chi connectivity index (χ4n) is 0.900. The predicted octanol–water partition coefficient (Wildman–Crippen LogP) is 1.12. The Kier molecular flexibility index (Phi) is 3.29. The largest absolute Gasteiger partial charge is 0.299 e. The number of alkyl halides is 1. The fourth-order valence-corrected chi connectivity index (χ4v) is 0.998. The van der Waals surface area contributed by atoms with Crippen molar-refractivity contribution in [1.82, 2.24) is 9.55 Å². The summed E-state index contributed by atoms with van der Waals surface area (Å²) in [5, 5.41) is 0. The fraction of sp³-hybridized carbons (Fsp3) is 0.500. The van der Waals surface area contributed by atoms with E-state index in [-0.39, 0.29) is 5.56 Å². The monoisotopic (exact) mass is 186 g/mol. The second-order valence-electron chi connectivity index (χ2n) is 2.83. The molecule has 0 aromatic carbocycles. The molecule has 4 heteroatoms. The zero-order chi connectivity index (χ0) is 8.97. The zero-order valence-electron chi connectivity index (χ0n) is 6.90. The van der Waals surface area contributed by atoms with Gasteiger partial charge in [0.1, 0.15) is 0 Å². The summed E-state index contributed by atoms with van der Waals surface area (Å²) >= 11 is 5.62. The number of aromatic nitrogens is 2. The van der Waals surface area contributed by atoms with E-state index in [1.165, 1.54) is 18.6 Å². The summed E-state index contributed by atoms with van der Waals surface area (Å²) in [6.07, 6.45) is 3.02. The summed E-state index contributed by atoms with van der Waals surface area (Å²) in [7, 11) is 0. The average molecular weight is 187 g/mol.